The van der Waals surface area contributed by atoms with Gasteiger partial charge in [0.15, 0.2) is 6.10 Å². The predicted molar refractivity (Wildman–Crippen MR) is 297 cm³/mol. The van der Waals surface area contributed by atoms with Crippen LogP contribution in [0.4, 0.5) is 0 Å². The molecule has 0 rings (SSSR count). The largest absolute Gasteiger partial charge is 0.462 e. The molecule has 0 aromatic heterocycles. The van der Waals surface area contributed by atoms with Gasteiger partial charge in [-0.3, -0.25) is 9.59 Å². The van der Waals surface area contributed by atoms with E-state index in [1.807, 2.05) is 0 Å². The van der Waals surface area contributed by atoms with Crippen LogP contribution >= 0.6 is 0 Å². The maximum atomic E-state index is 12.8. The van der Waals surface area contributed by atoms with Gasteiger partial charge in [-0.1, -0.05) is 220 Å². The summed E-state index contributed by atoms with van der Waals surface area (Å²) in [6.07, 6.45) is 79.6. The second-order valence-corrected chi connectivity index (χ2v) is 18.4. The Balaban J connectivity index is 4.37. The number of unbranched alkanes of at least 4 members (excludes halogenated alkanes) is 22. The summed E-state index contributed by atoms with van der Waals surface area (Å²) in [6.45, 7) is 7.60. The van der Waals surface area contributed by atoms with Crippen LogP contribution in [0.1, 0.15) is 252 Å². The molecule has 0 N–H and O–H groups in total. The van der Waals surface area contributed by atoms with Crippen LogP contribution in [-0.2, 0) is 23.8 Å². The summed E-state index contributed by atoms with van der Waals surface area (Å²) in [5, 5.41) is 0. The first kappa shape index (κ1) is 64.6. The van der Waals surface area contributed by atoms with Crippen molar-refractivity contribution in [2.75, 3.05) is 19.8 Å². The molecule has 0 bridgehead atoms. The molecule has 0 aromatic rings. The smallest absolute Gasteiger partial charge is 0.306 e. The molecule has 0 saturated carbocycles. The van der Waals surface area contributed by atoms with Gasteiger partial charge >= 0.3 is 11.9 Å². The van der Waals surface area contributed by atoms with Crippen LogP contribution in [0.2, 0.25) is 0 Å². The van der Waals surface area contributed by atoms with Gasteiger partial charge in [-0.2, -0.15) is 0 Å². The number of hydrogen-bond donors (Lipinski definition) is 0. The number of ether oxygens (including phenoxy) is 3. The standard InChI is InChI=1S/C63H106O5/c1-4-7-10-13-16-19-22-25-28-30-31-32-34-37-40-43-46-49-52-55-58-66-59-61(68-63(65)57-54-51-48-45-42-39-35-27-24-21-18-15-12-9-6-3)60-67-62(64)56-53-50-47-44-41-38-36-33-29-26-23-20-17-14-11-8-5-2/h8,11,16-21,25-29,31-32,35-36,38,61H,4-7,9-10,12-15,22-24,30,33-34,37,39-60H2,1-3H3/b11-8-,19-16-,20-17-,21-18-,28-25-,29-26-,32-31-,35-27-,38-36-. The average Bonchev–Trinajstić information content (AvgIpc) is 3.34. The van der Waals surface area contributed by atoms with Crippen LogP contribution in [-0.4, -0.2) is 37.9 Å². The van der Waals surface area contributed by atoms with Crippen LogP contribution in [0.15, 0.2) is 109 Å². The van der Waals surface area contributed by atoms with Gasteiger partial charge in [0.1, 0.15) is 6.61 Å². The maximum absolute atomic E-state index is 12.8. The van der Waals surface area contributed by atoms with Crippen molar-refractivity contribution in [3.63, 3.8) is 0 Å². The van der Waals surface area contributed by atoms with Crippen molar-refractivity contribution in [1.29, 1.82) is 0 Å². The van der Waals surface area contributed by atoms with Crippen molar-refractivity contribution in [1.82, 2.24) is 0 Å². The van der Waals surface area contributed by atoms with E-state index in [-0.39, 0.29) is 25.2 Å². The highest BCUT2D eigenvalue weighted by Crippen LogP contribution is 2.13. The van der Waals surface area contributed by atoms with Crippen molar-refractivity contribution >= 4 is 11.9 Å². The van der Waals surface area contributed by atoms with Gasteiger partial charge in [-0.15, -0.1) is 0 Å². The molecule has 388 valence electrons. The Hall–Kier alpha value is -3.44. The molecule has 5 heteroatoms. The maximum Gasteiger partial charge on any atom is 0.306 e. The van der Waals surface area contributed by atoms with Gasteiger partial charge in [0.05, 0.1) is 6.61 Å². The Morgan fingerprint density at radius 2 is 0.662 bits per heavy atom. The van der Waals surface area contributed by atoms with E-state index in [9.17, 15) is 9.59 Å². The zero-order chi connectivity index (χ0) is 49.2. The molecule has 1 unspecified atom stereocenters. The van der Waals surface area contributed by atoms with Gasteiger partial charge in [0, 0.05) is 19.4 Å². The molecule has 0 amide bonds. The quantitative estimate of drug-likeness (QED) is 0.0345. The van der Waals surface area contributed by atoms with E-state index < -0.39 is 6.10 Å². The minimum atomic E-state index is -0.567. The summed E-state index contributed by atoms with van der Waals surface area (Å²) in [5.41, 5.74) is 0. The van der Waals surface area contributed by atoms with E-state index in [0.29, 0.717) is 19.4 Å². The van der Waals surface area contributed by atoms with Crippen LogP contribution in [0.3, 0.4) is 0 Å². The zero-order valence-electron chi connectivity index (χ0n) is 44.6. The van der Waals surface area contributed by atoms with Gasteiger partial charge < -0.3 is 14.2 Å². The fraction of sp³-hybridized carbons (Fsp3) is 0.683. The molecule has 0 saturated heterocycles. The molecule has 0 aliphatic heterocycles. The molecular weight excluding hydrogens is 837 g/mol. The molecule has 5 nitrogen and oxygen atoms in total. The van der Waals surface area contributed by atoms with Crippen LogP contribution in [0, 0.1) is 0 Å². The normalized spacial score (nSPS) is 13.0. The van der Waals surface area contributed by atoms with E-state index in [0.717, 1.165) is 116 Å². The van der Waals surface area contributed by atoms with Crippen molar-refractivity contribution in [3.05, 3.63) is 109 Å². The second-order valence-electron chi connectivity index (χ2n) is 18.4. The molecule has 0 heterocycles. The molecule has 68 heavy (non-hydrogen) atoms. The van der Waals surface area contributed by atoms with E-state index in [4.69, 9.17) is 14.2 Å². The lowest BCUT2D eigenvalue weighted by molar-refractivity contribution is -0.163. The first-order chi connectivity index (χ1) is 33.6. The molecule has 0 radical (unpaired) electrons. The third-order valence-corrected chi connectivity index (χ3v) is 11.8. The van der Waals surface area contributed by atoms with E-state index in [2.05, 4.69) is 130 Å². The second kappa shape index (κ2) is 57.9. The highest BCUT2D eigenvalue weighted by molar-refractivity contribution is 5.70. The van der Waals surface area contributed by atoms with E-state index >= 15 is 0 Å². The molecular formula is C63H106O5. The highest BCUT2D eigenvalue weighted by atomic mass is 16.6. The molecule has 0 fully saturated rings. The van der Waals surface area contributed by atoms with E-state index in [1.54, 1.807) is 0 Å². The molecule has 1 atom stereocenters. The summed E-state index contributed by atoms with van der Waals surface area (Å²) < 4.78 is 17.4. The minimum absolute atomic E-state index is 0.0569. The summed E-state index contributed by atoms with van der Waals surface area (Å²) in [7, 11) is 0. The Labute approximate surface area is 421 Å². The number of carbonyl (C=O) groups is 2. The third kappa shape index (κ3) is 55.2. The Kier molecular flexibility index (Phi) is 54.9. The fourth-order valence-corrected chi connectivity index (χ4v) is 7.54. The number of hydrogen-bond acceptors (Lipinski definition) is 5. The third-order valence-electron chi connectivity index (χ3n) is 11.8. The lowest BCUT2D eigenvalue weighted by Crippen LogP contribution is -2.30. The molecule has 0 aliphatic carbocycles. The van der Waals surface area contributed by atoms with Gasteiger partial charge in [0.2, 0.25) is 0 Å². The monoisotopic (exact) mass is 943 g/mol. The Morgan fingerprint density at radius 1 is 0.338 bits per heavy atom. The average molecular weight is 944 g/mol. The first-order valence-corrected chi connectivity index (χ1v) is 28.4. The lowest BCUT2D eigenvalue weighted by atomic mass is 10.1. The van der Waals surface area contributed by atoms with Gasteiger partial charge in [-0.05, 0) is 128 Å². The SMILES string of the molecule is CC/C=C\C/C=C\C/C=C\C/C=C\CCCCCCC(=O)OCC(COCCCCCCCCC/C=C\C/C=C\C/C=C\CCCCC)OC(=O)CCCCCCC/C=C\C/C=C\CCCCC. The number of allylic oxidation sites excluding steroid dienone is 18. The molecule has 0 aliphatic rings. The van der Waals surface area contributed by atoms with Crippen LogP contribution in [0.25, 0.3) is 0 Å². The Bertz CT molecular complexity index is 1340. The summed E-state index contributed by atoms with van der Waals surface area (Å²) >= 11 is 0. The van der Waals surface area contributed by atoms with Gasteiger partial charge in [0.25, 0.3) is 0 Å². The van der Waals surface area contributed by atoms with Crippen molar-refractivity contribution in [3.8, 4) is 0 Å². The summed E-state index contributed by atoms with van der Waals surface area (Å²) in [5.74, 6) is -0.448. The van der Waals surface area contributed by atoms with Crippen molar-refractivity contribution < 1.29 is 23.8 Å². The van der Waals surface area contributed by atoms with Gasteiger partial charge in [-0.25, -0.2) is 0 Å². The molecule has 0 spiro atoms. The first-order valence-electron chi connectivity index (χ1n) is 28.4. The fourth-order valence-electron chi connectivity index (χ4n) is 7.54. The predicted octanol–water partition coefficient (Wildman–Crippen LogP) is 19.6. The summed E-state index contributed by atoms with van der Waals surface area (Å²) in [4.78, 5) is 25.5. The lowest BCUT2D eigenvalue weighted by Gasteiger charge is -2.18. The number of rotatable bonds is 51. The number of esters is 2. The Morgan fingerprint density at radius 3 is 1.06 bits per heavy atom. The zero-order valence-corrected chi connectivity index (χ0v) is 44.6. The van der Waals surface area contributed by atoms with E-state index in [1.165, 1.54) is 103 Å². The minimum Gasteiger partial charge on any atom is -0.462 e. The van der Waals surface area contributed by atoms with Crippen molar-refractivity contribution in [2.24, 2.45) is 0 Å². The van der Waals surface area contributed by atoms with Crippen LogP contribution in [0.5, 0.6) is 0 Å². The van der Waals surface area contributed by atoms with Crippen molar-refractivity contribution in [2.45, 2.75) is 258 Å². The highest BCUT2D eigenvalue weighted by Gasteiger charge is 2.17. The van der Waals surface area contributed by atoms with Crippen LogP contribution < -0.4 is 0 Å². The summed E-state index contributed by atoms with van der Waals surface area (Å²) in [6, 6.07) is 0. The number of carbonyl (C=O) groups excluding carboxylic acids is 2. The topological polar surface area (TPSA) is 61.8 Å². The molecule has 0 aromatic carbocycles.